The van der Waals surface area contributed by atoms with Crippen LogP contribution in [0, 0.1) is 0 Å². The minimum absolute atomic E-state index is 0.848. The standard InChI is InChI=1S/C54H36N2/c1-5-19-37(20-6-1)49-45-31-13-15-33-47(45)50(48-34-16-14-32-46(48)49)43-29-17-27-41(35-43)42-28-18-30-44(36-42)54-53(40-25-11-4-12-26-40)55-51(38-21-7-2-8-22-38)52(56-54)39-23-9-3-10-24-39/h1-36H. The first-order chi connectivity index (χ1) is 27.8. The number of aromatic nitrogens is 2. The van der Waals surface area contributed by atoms with Crippen LogP contribution in [0.4, 0.5) is 0 Å². The van der Waals surface area contributed by atoms with Crippen molar-refractivity contribution in [2.45, 2.75) is 0 Å². The zero-order valence-corrected chi connectivity index (χ0v) is 30.7. The Kier molecular flexibility index (Phi) is 8.55. The molecule has 10 aromatic rings. The van der Waals surface area contributed by atoms with Gasteiger partial charge in [-0.2, -0.15) is 0 Å². The summed E-state index contributed by atoms with van der Waals surface area (Å²) in [6.07, 6.45) is 0. The van der Waals surface area contributed by atoms with E-state index in [-0.39, 0.29) is 0 Å². The monoisotopic (exact) mass is 712 g/mol. The molecule has 262 valence electrons. The first-order valence-electron chi connectivity index (χ1n) is 19.1. The lowest BCUT2D eigenvalue weighted by atomic mass is 9.85. The molecule has 1 heterocycles. The lowest BCUT2D eigenvalue weighted by Gasteiger charge is -2.18. The Balaban J connectivity index is 1.15. The van der Waals surface area contributed by atoms with E-state index in [4.69, 9.17) is 9.97 Å². The second kappa shape index (κ2) is 14.4. The van der Waals surface area contributed by atoms with E-state index in [2.05, 4.69) is 200 Å². The molecule has 0 unspecified atom stereocenters. The second-order valence-corrected chi connectivity index (χ2v) is 14.1. The predicted molar refractivity (Wildman–Crippen MR) is 235 cm³/mol. The van der Waals surface area contributed by atoms with Gasteiger partial charge in [-0.05, 0) is 67.1 Å². The van der Waals surface area contributed by atoms with E-state index in [0.717, 1.165) is 56.2 Å². The fourth-order valence-corrected chi connectivity index (χ4v) is 8.08. The molecule has 0 aliphatic carbocycles. The van der Waals surface area contributed by atoms with Gasteiger partial charge in [-0.15, -0.1) is 0 Å². The van der Waals surface area contributed by atoms with Crippen molar-refractivity contribution >= 4 is 21.5 Å². The smallest absolute Gasteiger partial charge is 0.0973 e. The van der Waals surface area contributed by atoms with E-state index in [1.807, 2.05) is 18.2 Å². The van der Waals surface area contributed by atoms with Crippen LogP contribution in [0.2, 0.25) is 0 Å². The normalized spacial score (nSPS) is 11.2. The van der Waals surface area contributed by atoms with E-state index in [1.165, 1.54) is 43.8 Å². The Hall–Kier alpha value is -7.42. The molecule has 1 aromatic heterocycles. The topological polar surface area (TPSA) is 25.8 Å². The van der Waals surface area contributed by atoms with Gasteiger partial charge in [0.25, 0.3) is 0 Å². The summed E-state index contributed by atoms with van der Waals surface area (Å²) in [5.41, 5.74) is 14.7. The molecule has 0 N–H and O–H groups in total. The maximum atomic E-state index is 5.50. The number of benzene rings is 9. The summed E-state index contributed by atoms with van der Waals surface area (Å²) >= 11 is 0. The third kappa shape index (κ3) is 6.04. The molecule has 0 atom stereocenters. The molecule has 0 amide bonds. The molecule has 9 aromatic carbocycles. The summed E-state index contributed by atoms with van der Waals surface area (Å²) < 4.78 is 0. The van der Waals surface area contributed by atoms with Crippen LogP contribution in [0.5, 0.6) is 0 Å². The van der Waals surface area contributed by atoms with Gasteiger partial charge in [0.15, 0.2) is 0 Å². The van der Waals surface area contributed by atoms with E-state index in [1.54, 1.807) is 0 Å². The molecule has 56 heavy (non-hydrogen) atoms. The number of fused-ring (bicyclic) bond motifs is 2. The van der Waals surface area contributed by atoms with Gasteiger partial charge >= 0.3 is 0 Å². The summed E-state index contributed by atoms with van der Waals surface area (Å²) in [7, 11) is 0. The second-order valence-electron chi connectivity index (χ2n) is 14.1. The third-order valence-electron chi connectivity index (χ3n) is 10.7. The molecule has 0 saturated heterocycles. The Labute approximate surface area is 327 Å². The van der Waals surface area contributed by atoms with Crippen LogP contribution >= 0.6 is 0 Å². The molecular weight excluding hydrogens is 677 g/mol. The van der Waals surface area contributed by atoms with E-state index >= 15 is 0 Å². The highest BCUT2D eigenvalue weighted by Crippen LogP contribution is 2.44. The molecule has 0 radical (unpaired) electrons. The van der Waals surface area contributed by atoms with Crippen molar-refractivity contribution < 1.29 is 0 Å². The van der Waals surface area contributed by atoms with Gasteiger partial charge in [-0.3, -0.25) is 0 Å². The lowest BCUT2D eigenvalue weighted by molar-refractivity contribution is 1.21. The quantitative estimate of drug-likeness (QED) is 0.154. The Morgan fingerprint density at radius 1 is 0.196 bits per heavy atom. The maximum Gasteiger partial charge on any atom is 0.0973 e. The first kappa shape index (κ1) is 33.2. The highest BCUT2D eigenvalue weighted by Gasteiger charge is 2.21. The maximum absolute atomic E-state index is 5.50. The van der Waals surface area contributed by atoms with Gasteiger partial charge in [0.2, 0.25) is 0 Å². The van der Waals surface area contributed by atoms with Gasteiger partial charge in [0, 0.05) is 22.3 Å². The Morgan fingerprint density at radius 2 is 0.464 bits per heavy atom. The van der Waals surface area contributed by atoms with Crippen LogP contribution in [0.15, 0.2) is 218 Å². The molecule has 10 rings (SSSR count). The zero-order valence-electron chi connectivity index (χ0n) is 30.7. The van der Waals surface area contributed by atoms with E-state index in [0.29, 0.717) is 0 Å². The molecule has 0 fully saturated rings. The minimum Gasteiger partial charge on any atom is -0.243 e. The van der Waals surface area contributed by atoms with Crippen LogP contribution in [0.25, 0.3) is 100.0 Å². The fraction of sp³-hybridized carbons (Fsp3) is 0. The van der Waals surface area contributed by atoms with Gasteiger partial charge < -0.3 is 0 Å². The van der Waals surface area contributed by atoms with E-state index < -0.39 is 0 Å². The Morgan fingerprint density at radius 3 is 0.875 bits per heavy atom. The SMILES string of the molecule is c1ccc(-c2nc(-c3ccccc3)c(-c3cccc(-c4cccc(-c5c6ccccc6c(-c6ccccc6)c6ccccc56)c4)c3)nc2-c2ccccc2)cc1. The Bertz CT molecular complexity index is 2930. The average Bonchev–Trinajstić information content (AvgIpc) is 3.29. The summed E-state index contributed by atoms with van der Waals surface area (Å²) in [5.74, 6) is 0. The van der Waals surface area contributed by atoms with Crippen LogP contribution in [-0.2, 0) is 0 Å². The average molecular weight is 713 g/mol. The van der Waals surface area contributed by atoms with Crippen LogP contribution in [-0.4, -0.2) is 9.97 Å². The number of nitrogens with zero attached hydrogens (tertiary/aromatic N) is 2. The molecule has 0 aliphatic rings. The highest BCUT2D eigenvalue weighted by atomic mass is 14.9. The van der Waals surface area contributed by atoms with Gasteiger partial charge in [-0.25, -0.2) is 9.97 Å². The van der Waals surface area contributed by atoms with Gasteiger partial charge in [0.05, 0.1) is 22.8 Å². The molecule has 2 heteroatoms. The lowest BCUT2D eigenvalue weighted by Crippen LogP contribution is -2.01. The number of rotatable bonds is 7. The van der Waals surface area contributed by atoms with Gasteiger partial charge in [-0.1, -0.05) is 206 Å². The fourth-order valence-electron chi connectivity index (χ4n) is 8.08. The largest absolute Gasteiger partial charge is 0.243 e. The summed E-state index contributed by atoms with van der Waals surface area (Å²) in [5, 5.41) is 4.98. The number of hydrogen-bond acceptors (Lipinski definition) is 2. The number of hydrogen-bond donors (Lipinski definition) is 0. The molecule has 0 aliphatic heterocycles. The first-order valence-corrected chi connectivity index (χ1v) is 19.1. The van der Waals surface area contributed by atoms with Crippen molar-refractivity contribution in [3.63, 3.8) is 0 Å². The van der Waals surface area contributed by atoms with Crippen LogP contribution in [0.1, 0.15) is 0 Å². The van der Waals surface area contributed by atoms with Gasteiger partial charge in [0.1, 0.15) is 0 Å². The van der Waals surface area contributed by atoms with Crippen LogP contribution < -0.4 is 0 Å². The zero-order chi connectivity index (χ0) is 37.3. The van der Waals surface area contributed by atoms with Crippen molar-refractivity contribution in [1.82, 2.24) is 9.97 Å². The summed E-state index contributed by atoms with van der Waals surface area (Å²) in [6.45, 7) is 0. The molecule has 0 saturated carbocycles. The molecular formula is C54H36N2. The minimum atomic E-state index is 0.848. The van der Waals surface area contributed by atoms with E-state index in [9.17, 15) is 0 Å². The highest BCUT2D eigenvalue weighted by molar-refractivity contribution is 6.21. The van der Waals surface area contributed by atoms with Crippen molar-refractivity contribution in [2.75, 3.05) is 0 Å². The molecule has 0 bridgehead atoms. The molecule has 2 nitrogen and oxygen atoms in total. The van der Waals surface area contributed by atoms with Crippen molar-refractivity contribution in [3.8, 4) is 78.4 Å². The molecule has 0 spiro atoms. The third-order valence-corrected chi connectivity index (χ3v) is 10.7. The van der Waals surface area contributed by atoms with Crippen molar-refractivity contribution in [3.05, 3.63) is 218 Å². The van der Waals surface area contributed by atoms with Crippen LogP contribution in [0.3, 0.4) is 0 Å². The van der Waals surface area contributed by atoms with Crippen molar-refractivity contribution in [1.29, 1.82) is 0 Å². The summed E-state index contributed by atoms with van der Waals surface area (Å²) in [6, 6.07) is 77.4. The van der Waals surface area contributed by atoms with Crippen molar-refractivity contribution in [2.24, 2.45) is 0 Å². The summed E-state index contributed by atoms with van der Waals surface area (Å²) in [4.78, 5) is 11.0. The predicted octanol–water partition coefficient (Wildman–Crippen LogP) is 14.5.